The molecule has 0 bridgehead atoms. The van der Waals surface area contributed by atoms with Gasteiger partial charge in [0.15, 0.2) is 0 Å². The van der Waals surface area contributed by atoms with E-state index >= 15 is 0 Å². The molecule has 0 aliphatic carbocycles. The van der Waals surface area contributed by atoms with Gasteiger partial charge in [-0.05, 0) is 75.2 Å². The molecule has 0 spiro atoms. The van der Waals surface area contributed by atoms with Crippen LogP contribution in [0.3, 0.4) is 0 Å². The zero-order valence-electron chi connectivity index (χ0n) is 19.6. The van der Waals surface area contributed by atoms with Crippen molar-refractivity contribution in [1.29, 1.82) is 0 Å². The minimum atomic E-state index is -3.88. The summed E-state index contributed by atoms with van der Waals surface area (Å²) in [6.07, 6.45) is 5.48. The Morgan fingerprint density at radius 1 is 1.06 bits per heavy atom. The fourth-order valence-corrected chi connectivity index (χ4v) is 8.35. The van der Waals surface area contributed by atoms with Crippen LogP contribution in [-0.4, -0.2) is 86.3 Å². The number of hydrogen-bond acceptors (Lipinski definition) is 6. The van der Waals surface area contributed by atoms with Crippen LogP contribution < -0.4 is 4.72 Å². The first-order chi connectivity index (χ1) is 16.8. The average Bonchev–Trinajstić information content (AvgIpc) is 3.57. The van der Waals surface area contributed by atoms with E-state index in [-0.39, 0.29) is 28.6 Å². The Hall–Kier alpha value is -1.72. The Morgan fingerprint density at radius 2 is 1.83 bits per heavy atom. The monoisotopic (exact) mass is 538 g/mol. The molecule has 2 amide bonds. The normalized spacial score (nSPS) is 24.1. The van der Waals surface area contributed by atoms with Crippen molar-refractivity contribution in [2.45, 2.75) is 54.8 Å². The van der Waals surface area contributed by atoms with E-state index in [0.717, 1.165) is 60.4 Å². The first-order valence-electron chi connectivity index (χ1n) is 12.3. The predicted octanol–water partition coefficient (Wildman–Crippen LogP) is 2.91. The second-order valence-corrected chi connectivity index (χ2v) is 13.2. The van der Waals surface area contributed by atoms with Gasteiger partial charge >= 0.3 is 0 Å². The van der Waals surface area contributed by atoms with Crippen LogP contribution in [0.2, 0.25) is 5.02 Å². The number of sulfonamides is 1. The largest absolute Gasteiger partial charge is 0.337 e. The molecule has 190 valence electrons. The Kier molecular flexibility index (Phi) is 7.37. The van der Waals surface area contributed by atoms with Crippen LogP contribution in [0.1, 0.15) is 38.5 Å². The Labute approximate surface area is 215 Å². The van der Waals surface area contributed by atoms with Crippen molar-refractivity contribution < 1.29 is 18.0 Å². The minimum Gasteiger partial charge on any atom is -0.337 e. The highest BCUT2D eigenvalue weighted by atomic mass is 35.5. The molecule has 5 rings (SSSR count). The van der Waals surface area contributed by atoms with Gasteiger partial charge in [0.1, 0.15) is 10.3 Å². The second-order valence-electron chi connectivity index (χ2n) is 9.71. The number of halogens is 1. The summed E-state index contributed by atoms with van der Waals surface area (Å²) in [5.74, 6) is -0.363. The number of nitrogens with zero attached hydrogens (tertiary/aromatic N) is 3. The van der Waals surface area contributed by atoms with E-state index < -0.39 is 16.1 Å². The molecule has 0 saturated carbocycles. The molecular weight excluding hydrogens is 508 g/mol. The maximum absolute atomic E-state index is 13.2. The smallest absolute Gasteiger partial charge is 0.250 e. The van der Waals surface area contributed by atoms with Crippen LogP contribution in [0.5, 0.6) is 0 Å². The molecule has 11 heteroatoms. The predicted molar refractivity (Wildman–Crippen MR) is 137 cm³/mol. The van der Waals surface area contributed by atoms with Gasteiger partial charge in [0, 0.05) is 35.4 Å². The van der Waals surface area contributed by atoms with Gasteiger partial charge in [0.25, 0.3) is 10.0 Å². The zero-order chi connectivity index (χ0) is 24.6. The molecule has 2 atom stereocenters. The molecule has 3 aliphatic heterocycles. The van der Waals surface area contributed by atoms with Crippen LogP contribution in [0.25, 0.3) is 10.1 Å². The number of fused-ring (bicyclic) bond motifs is 1. The number of thiophene rings is 1. The van der Waals surface area contributed by atoms with Gasteiger partial charge in [0.05, 0.1) is 6.54 Å². The van der Waals surface area contributed by atoms with Crippen LogP contribution in [-0.2, 0) is 19.6 Å². The van der Waals surface area contributed by atoms with Gasteiger partial charge in [-0.3, -0.25) is 9.59 Å². The van der Waals surface area contributed by atoms with E-state index in [4.69, 9.17) is 11.6 Å². The lowest BCUT2D eigenvalue weighted by molar-refractivity contribution is -0.143. The Morgan fingerprint density at radius 3 is 2.63 bits per heavy atom. The summed E-state index contributed by atoms with van der Waals surface area (Å²) in [5.41, 5.74) is 0. The van der Waals surface area contributed by atoms with Crippen molar-refractivity contribution in [1.82, 2.24) is 19.4 Å². The van der Waals surface area contributed by atoms with E-state index in [9.17, 15) is 18.0 Å². The van der Waals surface area contributed by atoms with E-state index in [2.05, 4.69) is 9.62 Å². The van der Waals surface area contributed by atoms with Gasteiger partial charge in [-0.2, -0.15) is 4.72 Å². The maximum atomic E-state index is 13.2. The number of benzene rings is 1. The summed E-state index contributed by atoms with van der Waals surface area (Å²) < 4.78 is 29.6. The Balaban J connectivity index is 1.22. The molecule has 3 saturated heterocycles. The molecule has 1 aromatic heterocycles. The summed E-state index contributed by atoms with van der Waals surface area (Å²) in [5, 5.41) is 1.33. The lowest BCUT2D eigenvalue weighted by Gasteiger charge is -2.34. The first-order valence-corrected chi connectivity index (χ1v) is 15.0. The van der Waals surface area contributed by atoms with Crippen molar-refractivity contribution >= 4 is 54.9 Å². The molecule has 1 N–H and O–H groups in total. The highest BCUT2D eigenvalue weighted by molar-refractivity contribution is 7.91. The van der Waals surface area contributed by atoms with Crippen molar-refractivity contribution in [3.05, 3.63) is 29.3 Å². The maximum Gasteiger partial charge on any atom is 0.250 e. The number of carbonyl (C=O) groups is 2. The van der Waals surface area contributed by atoms with Crippen molar-refractivity contribution in [2.24, 2.45) is 0 Å². The molecule has 8 nitrogen and oxygen atoms in total. The van der Waals surface area contributed by atoms with Crippen molar-refractivity contribution in [3.8, 4) is 0 Å². The van der Waals surface area contributed by atoms with Crippen LogP contribution >= 0.6 is 22.9 Å². The molecule has 0 unspecified atom stereocenters. The summed E-state index contributed by atoms with van der Waals surface area (Å²) in [6.45, 7) is 4.30. The summed E-state index contributed by atoms with van der Waals surface area (Å²) in [7, 11) is -3.88. The highest BCUT2D eigenvalue weighted by Crippen LogP contribution is 2.31. The molecule has 1 aromatic carbocycles. The van der Waals surface area contributed by atoms with Crippen LogP contribution in [0.4, 0.5) is 0 Å². The summed E-state index contributed by atoms with van der Waals surface area (Å²) in [4.78, 5) is 32.2. The van der Waals surface area contributed by atoms with Gasteiger partial charge in [-0.1, -0.05) is 17.7 Å². The molecule has 2 aromatic rings. The molecule has 3 aliphatic rings. The van der Waals surface area contributed by atoms with E-state index in [1.165, 1.54) is 17.7 Å². The third-order valence-electron chi connectivity index (χ3n) is 7.24. The third-order valence-corrected chi connectivity index (χ3v) is 10.5. The van der Waals surface area contributed by atoms with E-state index in [0.29, 0.717) is 24.4 Å². The molecular formula is C24H31ClN4O4S2. The number of likely N-dealkylation sites (tertiary alicyclic amines) is 3. The number of piperidine rings is 1. The second kappa shape index (κ2) is 10.3. The SMILES string of the molecule is O=C1[C@@H](NS(=O)(=O)c2cc3ccc(Cl)cc3s2)CCCN1CC(=O)N1CCC[C@H]1CN1CCCC1. The first kappa shape index (κ1) is 25.0. The van der Waals surface area contributed by atoms with Gasteiger partial charge in [-0.15, -0.1) is 11.3 Å². The van der Waals surface area contributed by atoms with Crippen LogP contribution in [0.15, 0.2) is 28.5 Å². The number of hydrogen-bond donors (Lipinski definition) is 1. The van der Waals surface area contributed by atoms with Gasteiger partial charge < -0.3 is 14.7 Å². The van der Waals surface area contributed by atoms with Gasteiger partial charge in [-0.25, -0.2) is 8.42 Å². The quantitative estimate of drug-likeness (QED) is 0.585. The Bertz CT molecular complexity index is 1210. The van der Waals surface area contributed by atoms with Crippen LogP contribution in [0, 0.1) is 0 Å². The summed E-state index contributed by atoms with van der Waals surface area (Å²) >= 11 is 7.16. The lowest BCUT2D eigenvalue weighted by atomic mass is 10.1. The number of nitrogens with one attached hydrogen (secondary N) is 1. The summed E-state index contributed by atoms with van der Waals surface area (Å²) in [6, 6.07) is 6.17. The van der Waals surface area contributed by atoms with Crippen molar-refractivity contribution in [3.63, 3.8) is 0 Å². The van der Waals surface area contributed by atoms with Gasteiger partial charge in [0.2, 0.25) is 11.8 Å². The number of rotatable bonds is 7. The lowest BCUT2D eigenvalue weighted by Crippen LogP contribution is -2.55. The van der Waals surface area contributed by atoms with E-state index in [1.54, 1.807) is 24.3 Å². The fraction of sp³-hybridized carbons (Fsp3) is 0.583. The standard InChI is InChI=1S/C24H31ClN4O4S2/c25-18-8-7-17-13-23(34-21(17)14-18)35(32,33)26-20-6-4-11-28(24(20)31)16-22(30)29-12-3-5-19(29)15-27-9-1-2-10-27/h7-8,13-14,19-20,26H,1-6,9-12,15-16H2/t19-,20-/m0/s1. The van der Waals surface area contributed by atoms with E-state index in [1.807, 2.05) is 4.90 Å². The number of carbonyl (C=O) groups excluding carboxylic acids is 2. The third kappa shape index (κ3) is 5.51. The highest BCUT2D eigenvalue weighted by Gasteiger charge is 2.36. The zero-order valence-corrected chi connectivity index (χ0v) is 22.0. The fourth-order valence-electron chi connectivity index (χ4n) is 5.44. The van der Waals surface area contributed by atoms with Crippen molar-refractivity contribution in [2.75, 3.05) is 39.3 Å². The average molecular weight is 539 g/mol. The molecule has 3 fully saturated rings. The molecule has 35 heavy (non-hydrogen) atoms. The molecule has 0 radical (unpaired) electrons. The molecule has 4 heterocycles. The minimum absolute atomic E-state index is 0.00888. The topological polar surface area (TPSA) is 90.0 Å². The number of amides is 2.